The molecule has 94 valence electrons. The van der Waals surface area contributed by atoms with Gasteiger partial charge in [0.1, 0.15) is 0 Å². The second kappa shape index (κ2) is 4.49. The van der Waals surface area contributed by atoms with Gasteiger partial charge in [0.25, 0.3) is 0 Å². The largest absolute Gasteiger partial charge is 0.416 e. The summed E-state index contributed by atoms with van der Waals surface area (Å²) >= 11 is 3.11. The van der Waals surface area contributed by atoms with E-state index in [1.165, 1.54) is 6.07 Å². The number of nitrogens with two attached hydrogens (primary N) is 1. The van der Waals surface area contributed by atoms with Crippen molar-refractivity contribution < 1.29 is 13.2 Å². The molecule has 1 aromatic rings. The smallest absolute Gasteiger partial charge is 0.370 e. The molecule has 0 aliphatic carbocycles. The molecule has 1 aliphatic heterocycles. The summed E-state index contributed by atoms with van der Waals surface area (Å²) in [7, 11) is 0. The van der Waals surface area contributed by atoms with Crippen molar-refractivity contribution >= 4 is 21.6 Å². The maximum absolute atomic E-state index is 12.6. The van der Waals surface area contributed by atoms with E-state index >= 15 is 0 Å². The normalized spacial score (nSPS) is 21.0. The number of rotatable bonds is 1. The zero-order valence-electron chi connectivity index (χ0n) is 8.97. The average Bonchev–Trinajstić information content (AvgIpc) is 2.62. The van der Waals surface area contributed by atoms with Crippen molar-refractivity contribution in [2.75, 3.05) is 18.0 Å². The number of hydrogen-bond donors (Lipinski definition) is 1. The number of alkyl halides is 3. The van der Waals surface area contributed by atoms with Gasteiger partial charge in [-0.15, -0.1) is 0 Å². The van der Waals surface area contributed by atoms with Gasteiger partial charge in [0.15, 0.2) is 0 Å². The fourth-order valence-corrected chi connectivity index (χ4v) is 2.42. The van der Waals surface area contributed by atoms with E-state index < -0.39 is 11.7 Å². The summed E-state index contributed by atoms with van der Waals surface area (Å²) < 4.78 is 38.4. The molecule has 0 bridgehead atoms. The minimum atomic E-state index is -4.32. The zero-order valence-corrected chi connectivity index (χ0v) is 10.6. The molecule has 0 aromatic heterocycles. The molecular weight excluding hydrogens is 297 g/mol. The quantitative estimate of drug-likeness (QED) is 0.864. The van der Waals surface area contributed by atoms with E-state index in [-0.39, 0.29) is 6.04 Å². The van der Waals surface area contributed by atoms with Crippen LogP contribution in [0.5, 0.6) is 0 Å². The first-order chi connectivity index (χ1) is 7.86. The Morgan fingerprint density at radius 3 is 2.53 bits per heavy atom. The molecule has 0 radical (unpaired) electrons. The Bertz CT molecular complexity index is 420. The minimum Gasteiger partial charge on any atom is -0.370 e. The lowest BCUT2D eigenvalue weighted by atomic mass is 10.2. The first-order valence-corrected chi connectivity index (χ1v) is 6.04. The van der Waals surface area contributed by atoms with E-state index in [4.69, 9.17) is 5.73 Å². The number of benzene rings is 1. The fraction of sp³-hybridized carbons (Fsp3) is 0.455. The molecule has 1 atom stereocenters. The van der Waals surface area contributed by atoms with Gasteiger partial charge in [-0.2, -0.15) is 13.2 Å². The second-order valence-corrected chi connectivity index (χ2v) is 5.11. The van der Waals surface area contributed by atoms with Gasteiger partial charge in [0, 0.05) is 29.3 Å². The van der Waals surface area contributed by atoms with Crippen molar-refractivity contribution in [1.29, 1.82) is 0 Å². The highest BCUT2D eigenvalue weighted by Crippen LogP contribution is 2.35. The van der Waals surface area contributed by atoms with Gasteiger partial charge < -0.3 is 10.6 Å². The summed E-state index contributed by atoms with van der Waals surface area (Å²) in [4.78, 5) is 1.88. The van der Waals surface area contributed by atoms with E-state index in [0.29, 0.717) is 23.2 Å². The van der Waals surface area contributed by atoms with Crippen LogP contribution < -0.4 is 10.6 Å². The fourth-order valence-electron chi connectivity index (χ4n) is 1.94. The topological polar surface area (TPSA) is 29.3 Å². The van der Waals surface area contributed by atoms with E-state index in [0.717, 1.165) is 12.5 Å². The van der Waals surface area contributed by atoms with Crippen LogP contribution in [0, 0.1) is 0 Å². The van der Waals surface area contributed by atoms with E-state index in [1.54, 1.807) is 6.07 Å². The van der Waals surface area contributed by atoms with Crippen LogP contribution in [0.15, 0.2) is 22.7 Å². The van der Waals surface area contributed by atoms with E-state index in [9.17, 15) is 13.2 Å². The summed E-state index contributed by atoms with van der Waals surface area (Å²) in [6, 6.07) is 3.98. The molecule has 2 rings (SSSR count). The maximum atomic E-state index is 12.6. The molecule has 17 heavy (non-hydrogen) atoms. The van der Waals surface area contributed by atoms with E-state index in [2.05, 4.69) is 15.9 Å². The van der Waals surface area contributed by atoms with Gasteiger partial charge in [-0.3, -0.25) is 0 Å². The highest BCUT2D eigenvalue weighted by atomic mass is 79.9. The third-order valence-corrected chi connectivity index (χ3v) is 3.26. The molecule has 2 N–H and O–H groups in total. The summed E-state index contributed by atoms with van der Waals surface area (Å²) in [6.45, 7) is 1.31. The predicted molar refractivity (Wildman–Crippen MR) is 63.9 cm³/mol. The lowest BCUT2D eigenvalue weighted by molar-refractivity contribution is -0.137. The van der Waals surface area contributed by atoms with Gasteiger partial charge in [-0.1, -0.05) is 15.9 Å². The van der Waals surface area contributed by atoms with Crippen LogP contribution in [-0.4, -0.2) is 19.1 Å². The van der Waals surface area contributed by atoms with Crippen LogP contribution in [-0.2, 0) is 6.18 Å². The molecule has 0 amide bonds. The Labute approximate surface area is 106 Å². The van der Waals surface area contributed by atoms with Crippen molar-refractivity contribution in [3.05, 3.63) is 28.2 Å². The third-order valence-electron chi connectivity index (χ3n) is 2.80. The lowest BCUT2D eigenvalue weighted by Gasteiger charge is -2.20. The molecule has 1 saturated heterocycles. The van der Waals surface area contributed by atoms with Crippen LogP contribution >= 0.6 is 15.9 Å². The van der Waals surface area contributed by atoms with Gasteiger partial charge in [0.2, 0.25) is 0 Å². The highest BCUT2D eigenvalue weighted by molar-refractivity contribution is 9.10. The Balaban J connectivity index is 2.32. The SMILES string of the molecule is NC1CCN(c2cc(Br)cc(C(F)(F)F)c2)C1. The number of nitrogens with zero attached hydrogens (tertiary/aromatic N) is 1. The molecule has 0 spiro atoms. The zero-order chi connectivity index (χ0) is 12.6. The minimum absolute atomic E-state index is 0.0447. The monoisotopic (exact) mass is 308 g/mol. The second-order valence-electron chi connectivity index (χ2n) is 4.19. The molecule has 1 aliphatic rings. The van der Waals surface area contributed by atoms with E-state index in [1.807, 2.05) is 4.90 Å². The average molecular weight is 309 g/mol. The van der Waals surface area contributed by atoms with Crippen molar-refractivity contribution in [2.24, 2.45) is 5.73 Å². The van der Waals surface area contributed by atoms with Crippen LogP contribution in [0.4, 0.5) is 18.9 Å². The summed E-state index contributed by atoms with van der Waals surface area (Å²) in [5, 5.41) is 0. The molecule has 1 heterocycles. The van der Waals surface area contributed by atoms with Gasteiger partial charge >= 0.3 is 6.18 Å². The molecule has 0 saturated carbocycles. The van der Waals surface area contributed by atoms with Crippen LogP contribution in [0.3, 0.4) is 0 Å². The molecular formula is C11H12BrF3N2. The lowest BCUT2D eigenvalue weighted by Crippen LogP contribution is -2.26. The Morgan fingerprint density at radius 2 is 2.00 bits per heavy atom. The highest BCUT2D eigenvalue weighted by Gasteiger charge is 2.32. The number of hydrogen-bond acceptors (Lipinski definition) is 2. The van der Waals surface area contributed by atoms with Crippen molar-refractivity contribution in [1.82, 2.24) is 0 Å². The standard InChI is InChI=1S/C11H12BrF3N2/c12-8-3-7(11(13,14)15)4-10(5-8)17-2-1-9(16)6-17/h3-5,9H,1-2,6,16H2. The first kappa shape index (κ1) is 12.7. The number of anilines is 1. The van der Waals surface area contributed by atoms with Gasteiger partial charge in [-0.05, 0) is 24.6 Å². The predicted octanol–water partition coefficient (Wildman–Crippen LogP) is 3.01. The molecule has 1 aromatic carbocycles. The van der Waals surface area contributed by atoms with Crippen molar-refractivity contribution in [2.45, 2.75) is 18.6 Å². The first-order valence-electron chi connectivity index (χ1n) is 5.24. The maximum Gasteiger partial charge on any atom is 0.416 e. The molecule has 1 unspecified atom stereocenters. The van der Waals surface area contributed by atoms with Crippen LogP contribution in [0.1, 0.15) is 12.0 Å². The number of halogens is 4. The molecule has 6 heteroatoms. The van der Waals surface area contributed by atoms with Gasteiger partial charge in [0.05, 0.1) is 5.56 Å². The van der Waals surface area contributed by atoms with Gasteiger partial charge in [-0.25, -0.2) is 0 Å². The molecule has 1 fully saturated rings. The third kappa shape index (κ3) is 2.93. The van der Waals surface area contributed by atoms with Crippen LogP contribution in [0.2, 0.25) is 0 Å². The Kier molecular flexibility index (Phi) is 3.36. The summed E-state index contributed by atoms with van der Waals surface area (Å²) in [6.07, 6.45) is -3.51. The molecule has 2 nitrogen and oxygen atoms in total. The summed E-state index contributed by atoms with van der Waals surface area (Å²) in [5.41, 5.74) is 5.68. The Hall–Kier alpha value is -0.750. The van der Waals surface area contributed by atoms with Crippen LogP contribution in [0.25, 0.3) is 0 Å². The Morgan fingerprint density at radius 1 is 1.29 bits per heavy atom. The van der Waals surface area contributed by atoms with Crippen molar-refractivity contribution in [3.63, 3.8) is 0 Å². The summed E-state index contributed by atoms with van der Waals surface area (Å²) in [5.74, 6) is 0. The van der Waals surface area contributed by atoms with Crippen molar-refractivity contribution in [3.8, 4) is 0 Å².